The Labute approximate surface area is 191 Å². The highest BCUT2D eigenvalue weighted by Gasteiger charge is 2.23. The van der Waals surface area contributed by atoms with Gasteiger partial charge in [-0.2, -0.15) is 0 Å². The van der Waals surface area contributed by atoms with Crippen LogP contribution >= 0.6 is 8.58 Å². The fourth-order valence-electron chi connectivity index (χ4n) is 3.30. The van der Waals surface area contributed by atoms with Gasteiger partial charge in [0.2, 0.25) is 0 Å². The third-order valence-corrected chi connectivity index (χ3v) is 6.77. The van der Waals surface area contributed by atoms with Gasteiger partial charge in [0.05, 0.1) is 8.41 Å². The summed E-state index contributed by atoms with van der Waals surface area (Å²) < 4.78 is 0. The molecule has 0 nitrogen and oxygen atoms in total. The fourth-order valence-corrected chi connectivity index (χ4v) is 4.54. The maximum atomic E-state index is 2.44. The molecule has 0 aliphatic heterocycles. The first-order chi connectivity index (χ1) is 12.9. The van der Waals surface area contributed by atoms with E-state index >= 15 is 0 Å². The van der Waals surface area contributed by atoms with Gasteiger partial charge in [0.1, 0.15) is 0 Å². The first-order valence-corrected chi connectivity index (χ1v) is 12.0. The number of hydrogen-bond acceptors (Lipinski definition) is 0. The molecule has 0 N–H and O–H groups in total. The van der Waals surface area contributed by atoms with Crippen molar-refractivity contribution in [3.63, 3.8) is 0 Å². The van der Waals surface area contributed by atoms with Crippen LogP contribution in [0.2, 0.25) is 0 Å². The van der Waals surface area contributed by atoms with Crippen LogP contribution in [0.15, 0.2) is 36.4 Å². The summed E-state index contributed by atoms with van der Waals surface area (Å²) in [5.74, 6) is 0. The highest BCUT2D eigenvalue weighted by molar-refractivity contribution is 7.55. The zero-order valence-electron chi connectivity index (χ0n) is 21.0. The average Bonchev–Trinajstić information content (AvgIpc) is 2.51. The van der Waals surface area contributed by atoms with E-state index in [1.807, 2.05) is 0 Å². The van der Waals surface area contributed by atoms with Gasteiger partial charge in [0.25, 0.3) is 0 Å². The zero-order chi connectivity index (χ0) is 22.4. The standard InChI is InChI=1S/C28H43P.BH3/c1-25(2,3)19-13-20(26(4,5)6)16-23(15-19)29-24-17-21(27(7,8)9)14-22(18-24)28(10,11)12;/h13-18,29H,1-12H3;1H3. The molecule has 0 spiro atoms. The fraction of sp³-hybridized carbons (Fsp3) is 0.571. The van der Waals surface area contributed by atoms with Crippen molar-refractivity contribution >= 4 is 27.6 Å². The largest absolute Gasteiger partial charge is 0.0814 e. The van der Waals surface area contributed by atoms with Crippen LogP contribution in [-0.2, 0) is 21.7 Å². The van der Waals surface area contributed by atoms with Crippen molar-refractivity contribution < 1.29 is 0 Å². The van der Waals surface area contributed by atoms with Crippen LogP contribution in [0.3, 0.4) is 0 Å². The molecule has 0 unspecified atom stereocenters. The molecule has 30 heavy (non-hydrogen) atoms. The van der Waals surface area contributed by atoms with Crippen molar-refractivity contribution in [1.29, 1.82) is 0 Å². The molecule has 0 aromatic heterocycles. The lowest BCUT2D eigenvalue weighted by molar-refractivity contribution is 0.569. The first-order valence-electron chi connectivity index (χ1n) is 11.0. The lowest BCUT2D eigenvalue weighted by Gasteiger charge is -2.27. The summed E-state index contributed by atoms with van der Waals surface area (Å²) >= 11 is 0. The Hall–Kier alpha value is -1.07. The Kier molecular flexibility index (Phi) is 7.93. The maximum absolute atomic E-state index is 2.44. The highest BCUT2D eigenvalue weighted by atomic mass is 31.1. The van der Waals surface area contributed by atoms with Crippen LogP contribution in [0.25, 0.3) is 0 Å². The molecule has 0 bridgehead atoms. The molecule has 0 radical (unpaired) electrons. The summed E-state index contributed by atoms with van der Waals surface area (Å²) in [6.07, 6.45) is 0. The van der Waals surface area contributed by atoms with Crippen molar-refractivity contribution in [1.82, 2.24) is 0 Å². The molecule has 0 amide bonds. The van der Waals surface area contributed by atoms with E-state index < -0.39 is 0 Å². The highest BCUT2D eigenvalue weighted by Crippen LogP contribution is 2.32. The first kappa shape index (κ1) is 27.0. The zero-order valence-corrected chi connectivity index (χ0v) is 22.0. The summed E-state index contributed by atoms with van der Waals surface area (Å²) in [7, 11) is 0.679. The SMILES string of the molecule is B.CC(C)(C)c1cc(Pc2cc(C(C)(C)C)cc(C(C)(C)C)c2)cc(C(C)(C)C)c1. The predicted octanol–water partition coefficient (Wildman–Crippen LogP) is 6.32. The van der Waals surface area contributed by atoms with E-state index in [2.05, 4.69) is 119 Å². The lowest BCUT2D eigenvalue weighted by Crippen LogP contribution is -2.22. The van der Waals surface area contributed by atoms with E-state index in [4.69, 9.17) is 0 Å². The quantitative estimate of drug-likeness (QED) is 0.391. The van der Waals surface area contributed by atoms with Gasteiger partial charge in [-0.3, -0.25) is 0 Å². The van der Waals surface area contributed by atoms with Gasteiger partial charge >= 0.3 is 0 Å². The smallest absolute Gasteiger partial charge is 0.0591 e. The molecule has 0 atom stereocenters. The molecule has 0 aliphatic carbocycles. The Morgan fingerprint density at radius 1 is 0.400 bits per heavy atom. The topological polar surface area (TPSA) is 0 Å². The molecule has 2 heteroatoms. The summed E-state index contributed by atoms with van der Waals surface area (Å²) in [5, 5.41) is 2.90. The van der Waals surface area contributed by atoms with Crippen LogP contribution in [0.5, 0.6) is 0 Å². The van der Waals surface area contributed by atoms with E-state index in [-0.39, 0.29) is 30.1 Å². The molecular formula is C28H46BP. The molecule has 2 rings (SSSR count). The van der Waals surface area contributed by atoms with Gasteiger partial charge in [-0.25, -0.2) is 0 Å². The molecular weight excluding hydrogens is 378 g/mol. The number of rotatable bonds is 2. The number of benzene rings is 2. The Balaban J connectivity index is 0.00000450. The average molecular weight is 424 g/mol. The maximum Gasteiger partial charge on any atom is 0.0814 e. The van der Waals surface area contributed by atoms with E-state index in [0.717, 1.165) is 0 Å². The van der Waals surface area contributed by atoms with Crippen molar-refractivity contribution in [2.75, 3.05) is 0 Å². The van der Waals surface area contributed by atoms with Gasteiger partial charge in [-0.05, 0) is 54.5 Å². The van der Waals surface area contributed by atoms with Crippen molar-refractivity contribution in [2.45, 2.75) is 105 Å². The van der Waals surface area contributed by atoms with Crippen LogP contribution in [0.4, 0.5) is 0 Å². The van der Waals surface area contributed by atoms with Crippen LogP contribution in [0.1, 0.15) is 105 Å². The van der Waals surface area contributed by atoms with Crippen LogP contribution < -0.4 is 10.6 Å². The molecule has 0 aliphatic rings. The summed E-state index contributed by atoms with van der Waals surface area (Å²) in [5.41, 5.74) is 6.39. The minimum atomic E-state index is 0. The Morgan fingerprint density at radius 3 is 0.767 bits per heavy atom. The van der Waals surface area contributed by atoms with E-state index in [0.29, 0.717) is 8.58 Å². The third kappa shape index (κ3) is 6.98. The van der Waals surface area contributed by atoms with Crippen LogP contribution in [0, 0.1) is 0 Å². The normalized spacial score (nSPS) is 13.2. The van der Waals surface area contributed by atoms with Gasteiger partial charge in [0, 0.05) is 0 Å². The summed E-state index contributed by atoms with van der Waals surface area (Å²) in [4.78, 5) is 0. The Bertz CT molecular complexity index is 727. The molecule has 0 fully saturated rings. The molecule has 0 saturated carbocycles. The van der Waals surface area contributed by atoms with Crippen molar-refractivity contribution in [2.24, 2.45) is 0 Å². The predicted molar refractivity (Wildman–Crippen MR) is 145 cm³/mol. The summed E-state index contributed by atoms with van der Waals surface area (Å²) in [6.45, 7) is 27.8. The number of hydrogen-bond donors (Lipinski definition) is 0. The van der Waals surface area contributed by atoms with Crippen molar-refractivity contribution in [3.05, 3.63) is 58.7 Å². The third-order valence-electron chi connectivity index (χ3n) is 5.62. The molecule has 0 saturated heterocycles. The van der Waals surface area contributed by atoms with E-state index in [9.17, 15) is 0 Å². The molecule has 2 aromatic rings. The van der Waals surface area contributed by atoms with Crippen molar-refractivity contribution in [3.8, 4) is 0 Å². The van der Waals surface area contributed by atoms with Gasteiger partial charge in [0.15, 0.2) is 0 Å². The minimum Gasteiger partial charge on any atom is -0.0591 e. The summed E-state index contributed by atoms with van der Waals surface area (Å²) in [6, 6.07) is 14.6. The van der Waals surface area contributed by atoms with E-state index in [1.165, 1.54) is 32.9 Å². The van der Waals surface area contributed by atoms with Gasteiger partial charge in [-0.1, -0.05) is 128 Å². The second-order valence-electron chi connectivity index (χ2n) is 12.7. The molecule has 0 heterocycles. The van der Waals surface area contributed by atoms with Crippen LogP contribution in [-0.4, -0.2) is 8.41 Å². The second-order valence-corrected chi connectivity index (χ2v) is 14.1. The second kappa shape index (κ2) is 8.82. The Morgan fingerprint density at radius 2 is 0.600 bits per heavy atom. The monoisotopic (exact) mass is 424 g/mol. The van der Waals surface area contributed by atoms with Gasteiger partial charge in [-0.15, -0.1) is 0 Å². The van der Waals surface area contributed by atoms with Gasteiger partial charge < -0.3 is 0 Å². The lowest BCUT2D eigenvalue weighted by atomic mass is 9.81. The molecule has 166 valence electrons. The van der Waals surface area contributed by atoms with E-state index in [1.54, 1.807) is 0 Å². The molecule has 2 aromatic carbocycles. The minimum absolute atomic E-state index is 0.